The first-order valence-electron chi connectivity index (χ1n) is 7.12. The molecule has 19 heavy (non-hydrogen) atoms. The van der Waals surface area contributed by atoms with Crippen LogP contribution in [0, 0.1) is 19.8 Å². The van der Waals surface area contributed by atoms with Crippen molar-refractivity contribution in [3.63, 3.8) is 0 Å². The van der Waals surface area contributed by atoms with E-state index in [4.69, 9.17) is 0 Å². The van der Waals surface area contributed by atoms with Crippen LogP contribution in [0.3, 0.4) is 0 Å². The number of rotatable bonds is 3. The third kappa shape index (κ3) is 3.80. The van der Waals surface area contributed by atoms with E-state index in [0.29, 0.717) is 12.3 Å². The van der Waals surface area contributed by atoms with Gasteiger partial charge in [0.05, 0.1) is 6.42 Å². The number of hydrogen-bond acceptors (Lipinski definition) is 2. The average Bonchev–Trinajstić information content (AvgIpc) is 2.37. The van der Waals surface area contributed by atoms with Crippen LogP contribution in [0.25, 0.3) is 0 Å². The molecule has 0 unspecified atom stereocenters. The quantitative estimate of drug-likeness (QED) is 0.872. The molecule has 1 heterocycles. The lowest BCUT2D eigenvalue weighted by Gasteiger charge is -2.30. The Morgan fingerprint density at radius 2 is 2.21 bits per heavy atom. The van der Waals surface area contributed by atoms with Crippen LogP contribution in [0.4, 0.5) is 0 Å². The van der Waals surface area contributed by atoms with Crippen LogP contribution >= 0.6 is 0 Å². The van der Waals surface area contributed by atoms with E-state index in [9.17, 15) is 4.79 Å². The minimum Gasteiger partial charge on any atom is -0.352 e. The smallest absolute Gasteiger partial charge is 0.224 e. The fourth-order valence-corrected chi connectivity index (χ4v) is 2.60. The maximum atomic E-state index is 12.2. The Hall–Kier alpha value is -1.35. The molecule has 1 aliphatic rings. The summed E-state index contributed by atoms with van der Waals surface area (Å²) in [5, 5.41) is 6.50. The molecule has 3 heteroatoms. The monoisotopic (exact) mass is 260 g/mol. The van der Waals surface area contributed by atoms with Crippen molar-refractivity contribution in [2.24, 2.45) is 5.92 Å². The minimum atomic E-state index is 0.134. The molecule has 2 rings (SSSR count). The van der Waals surface area contributed by atoms with E-state index in [1.165, 1.54) is 11.1 Å². The molecule has 1 aliphatic heterocycles. The van der Waals surface area contributed by atoms with Crippen molar-refractivity contribution in [2.75, 3.05) is 13.1 Å². The van der Waals surface area contributed by atoms with Crippen molar-refractivity contribution in [1.29, 1.82) is 0 Å². The molecule has 0 aliphatic carbocycles. The molecule has 2 atom stereocenters. The fourth-order valence-electron chi connectivity index (χ4n) is 2.60. The topological polar surface area (TPSA) is 41.1 Å². The van der Waals surface area contributed by atoms with Crippen molar-refractivity contribution >= 4 is 5.91 Å². The maximum Gasteiger partial charge on any atom is 0.224 e. The predicted molar refractivity (Wildman–Crippen MR) is 78.2 cm³/mol. The van der Waals surface area contributed by atoms with Crippen molar-refractivity contribution in [3.8, 4) is 0 Å². The number of piperidine rings is 1. The van der Waals surface area contributed by atoms with E-state index in [-0.39, 0.29) is 11.9 Å². The van der Waals surface area contributed by atoms with Crippen LogP contribution in [-0.2, 0) is 11.2 Å². The van der Waals surface area contributed by atoms with Gasteiger partial charge >= 0.3 is 0 Å². The molecule has 3 nitrogen and oxygen atoms in total. The molecule has 1 fully saturated rings. The Kier molecular flexibility index (Phi) is 4.59. The average molecular weight is 260 g/mol. The molecule has 0 spiro atoms. The molecule has 1 amide bonds. The van der Waals surface area contributed by atoms with Gasteiger partial charge in [-0.3, -0.25) is 4.79 Å². The molecule has 1 aromatic carbocycles. The number of nitrogens with one attached hydrogen (secondary N) is 2. The van der Waals surface area contributed by atoms with Crippen molar-refractivity contribution in [2.45, 2.75) is 39.7 Å². The van der Waals surface area contributed by atoms with Gasteiger partial charge < -0.3 is 10.6 Å². The molecular weight excluding hydrogens is 236 g/mol. The SMILES string of the molecule is Cc1ccc(C)c(CC(=O)N[C@H]2CNCC[C@H]2C)c1. The highest BCUT2D eigenvalue weighted by atomic mass is 16.1. The summed E-state index contributed by atoms with van der Waals surface area (Å²) in [6.07, 6.45) is 1.62. The summed E-state index contributed by atoms with van der Waals surface area (Å²) < 4.78 is 0. The van der Waals surface area contributed by atoms with Gasteiger partial charge in [-0.05, 0) is 43.9 Å². The Balaban J connectivity index is 1.95. The van der Waals surface area contributed by atoms with E-state index < -0.39 is 0 Å². The van der Waals surface area contributed by atoms with Gasteiger partial charge in [0.1, 0.15) is 0 Å². The summed E-state index contributed by atoms with van der Waals surface area (Å²) in [6.45, 7) is 8.29. The lowest BCUT2D eigenvalue weighted by molar-refractivity contribution is -0.121. The number of hydrogen-bond donors (Lipinski definition) is 2. The first-order chi connectivity index (χ1) is 9.06. The van der Waals surface area contributed by atoms with Gasteiger partial charge in [0.15, 0.2) is 0 Å². The normalized spacial score (nSPS) is 23.1. The number of aryl methyl sites for hydroxylation is 2. The van der Waals surface area contributed by atoms with Crippen LogP contribution in [0.1, 0.15) is 30.0 Å². The molecule has 0 bridgehead atoms. The number of carbonyl (C=O) groups excluding carboxylic acids is 1. The summed E-state index contributed by atoms with van der Waals surface area (Å²) in [5.41, 5.74) is 3.53. The predicted octanol–water partition coefficient (Wildman–Crippen LogP) is 1.96. The summed E-state index contributed by atoms with van der Waals surface area (Å²) >= 11 is 0. The van der Waals surface area contributed by atoms with Gasteiger partial charge in [-0.15, -0.1) is 0 Å². The summed E-state index contributed by atoms with van der Waals surface area (Å²) in [4.78, 5) is 12.2. The van der Waals surface area contributed by atoms with Crippen LogP contribution in [0.5, 0.6) is 0 Å². The Morgan fingerprint density at radius 3 is 2.95 bits per heavy atom. The van der Waals surface area contributed by atoms with Crippen LogP contribution in [0.15, 0.2) is 18.2 Å². The summed E-state index contributed by atoms with van der Waals surface area (Å²) in [6, 6.07) is 6.55. The molecule has 0 saturated carbocycles. The minimum absolute atomic E-state index is 0.134. The van der Waals surface area contributed by atoms with E-state index in [1.807, 2.05) is 0 Å². The van der Waals surface area contributed by atoms with Gasteiger partial charge in [-0.25, -0.2) is 0 Å². The second-order valence-electron chi connectivity index (χ2n) is 5.75. The standard InChI is InChI=1S/C16H24N2O/c1-11-4-5-12(2)14(8-11)9-16(19)18-15-10-17-7-6-13(15)3/h4-5,8,13,15,17H,6-7,9-10H2,1-3H3,(H,18,19)/t13-,15+/m1/s1. The van der Waals surface area contributed by atoms with Crippen LogP contribution in [0.2, 0.25) is 0 Å². The third-order valence-corrected chi connectivity index (χ3v) is 4.03. The Labute approximate surface area is 115 Å². The second kappa shape index (κ2) is 6.20. The Morgan fingerprint density at radius 1 is 1.42 bits per heavy atom. The van der Waals surface area contributed by atoms with Gasteiger partial charge in [0.2, 0.25) is 5.91 Å². The lowest BCUT2D eigenvalue weighted by atomic mass is 9.94. The van der Waals surface area contributed by atoms with Gasteiger partial charge in [0.25, 0.3) is 0 Å². The Bertz CT molecular complexity index is 456. The first kappa shape index (κ1) is 14.1. The van der Waals surface area contributed by atoms with E-state index in [0.717, 1.165) is 25.1 Å². The highest BCUT2D eigenvalue weighted by molar-refractivity contribution is 5.79. The zero-order chi connectivity index (χ0) is 13.8. The van der Waals surface area contributed by atoms with E-state index in [1.54, 1.807) is 0 Å². The molecule has 1 aromatic rings. The molecule has 104 valence electrons. The number of benzene rings is 1. The summed E-state index contributed by atoms with van der Waals surface area (Å²) in [5.74, 6) is 0.693. The molecule has 0 radical (unpaired) electrons. The lowest BCUT2D eigenvalue weighted by Crippen LogP contribution is -2.50. The third-order valence-electron chi connectivity index (χ3n) is 4.03. The zero-order valence-electron chi connectivity index (χ0n) is 12.1. The van der Waals surface area contributed by atoms with Crippen molar-refractivity contribution < 1.29 is 4.79 Å². The number of amides is 1. The van der Waals surface area contributed by atoms with E-state index in [2.05, 4.69) is 49.6 Å². The summed E-state index contributed by atoms with van der Waals surface area (Å²) in [7, 11) is 0. The van der Waals surface area contributed by atoms with Crippen molar-refractivity contribution in [1.82, 2.24) is 10.6 Å². The van der Waals surface area contributed by atoms with Crippen molar-refractivity contribution in [3.05, 3.63) is 34.9 Å². The molecule has 0 aromatic heterocycles. The highest BCUT2D eigenvalue weighted by Gasteiger charge is 2.22. The zero-order valence-corrected chi connectivity index (χ0v) is 12.1. The molecule has 2 N–H and O–H groups in total. The largest absolute Gasteiger partial charge is 0.352 e. The van der Waals surface area contributed by atoms with Crippen LogP contribution in [-0.4, -0.2) is 25.0 Å². The fraction of sp³-hybridized carbons (Fsp3) is 0.562. The number of carbonyl (C=O) groups is 1. The maximum absolute atomic E-state index is 12.2. The highest BCUT2D eigenvalue weighted by Crippen LogP contribution is 2.13. The van der Waals surface area contributed by atoms with Gasteiger partial charge in [-0.1, -0.05) is 30.7 Å². The van der Waals surface area contributed by atoms with Gasteiger partial charge in [-0.2, -0.15) is 0 Å². The van der Waals surface area contributed by atoms with E-state index >= 15 is 0 Å². The first-order valence-corrected chi connectivity index (χ1v) is 7.12. The molecular formula is C16H24N2O. The molecule has 1 saturated heterocycles. The second-order valence-corrected chi connectivity index (χ2v) is 5.75. The van der Waals surface area contributed by atoms with Gasteiger partial charge in [0, 0.05) is 12.6 Å². The van der Waals surface area contributed by atoms with Crippen LogP contribution < -0.4 is 10.6 Å².